The number of amides is 2. The van der Waals surface area contributed by atoms with Gasteiger partial charge in [0.15, 0.2) is 0 Å². The first kappa shape index (κ1) is 21.7. The van der Waals surface area contributed by atoms with Crippen molar-refractivity contribution >= 4 is 21.8 Å². The number of carbonyl (C=O) groups excluding carboxylic acids is 2. The molecule has 2 amide bonds. The lowest BCUT2D eigenvalue weighted by Crippen LogP contribution is -2.47. The molecule has 9 heteroatoms. The third-order valence-corrected chi connectivity index (χ3v) is 7.27. The van der Waals surface area contributed by atoms with Crippen LogP contribution >= 0.6 is 0 Å². The van der Waals surface area contributed by atoms with Gasteiger partial charge in [0.1, 0.15) is 0 Å². The monoisotopic (exact) mass is 422 g/mol. The Hall–Kier alpha value is -2.00. The third kappa shape index (κ3) is 4.95. The van der Waals surface area contributed by atoms with E-state index in [4.69, 9.17) is 5.73 Å². The second kappa shape index (κ2) is 8.79. The van der Waals surface area contributed by atoms with Crippen molar-refractivity contribution in [1.29, 1.82) is 0 Å². The number of pyridine rings is 1. The predicted octanol–water partition coefficient (Wildman–Crippen LogP) is 1.75. The van der Waals surface area contributed by atoms with E-state index in [1.54, 1.807) is 24.0 Å². The van der Waals surface area contributed by atoms with Gasteiger partial charge >= 0.3 is 0 Å². The summed E-state index contributed by atoms with van der Waals surface area (Å²) in [6.07, 6.45) is 7.48. The van der Waals surface area contributed by atoms with Crippen LogP contribution in [0.3, 0.4) is 0 Å². The Kier molecular flexibility index (Phi) is 6.58. The molecule has 2 aliphatic rings. The fourth-order valence-corrected chi connectivity index (χ4v) is 5.61. The van der Waals surface area contributed by atoms with Gasteiger partial charge in [-0.15, -0.1) is 0 Å². The van der Waals surface area contributed by atoms with Crippen LogP contribution in [0.2, 0.25) is 0 Å². The summed E-state index contributed by atoms with van der Waals surface area (Å²) < 4.78 is 26.1. The predicted molar refractivity (Wildman–Crippen MR) is 110 cm³/mol. The Balaban J connectivity index is 1.78. The van der Waals surface area contributed by atoms with Crippen LogP contribution in [0.25, 0.3) is 0 Å². The van der Waals surface area contributed by atoms with Crippen molar-refractivity contribution in [2.75, 3.05) is 19.3 Å². The highest BCUT2D eigenvalue weighted by Crippen LogP contribution is 2.32. The maximum atomic E-state index is 13.1. The molecular formula is C20H30N4O4S. The molecule has 0 aromatic carbocycles. The van der Waals surface area contributed by atoms with Crippen molar-refractivity contribution in [3.63, 3.8) is 0 Å². The third-order valence-electron chi connectivity index (χ3n) is 5.99. The number of sulfonamides is 1. The molecule has 29 heavy (non-hydrogen) atoms. The SMILES string of the molecule is Cc1nc([C@@H]2CCCN2C(=O)CN(C2CCCCC2)S(C)(=O)=O)ccc1C(N)=O. The minimum atomic E-state index is -3.47. The lowest BCUT2D eigenvalue weighted by Gasteiger charge is -2.34. The maximum Gasteiger partial charge on any atom is 0.250 e. The number of primary amides is 1. The van der Waals surface area contributed by atoms with E-state index >= 15 is 0 Å². The summed E-state index contributed by atoms with van der Waals surface area (Å²) in [6, 6.07) is 3.07. The summed E-state index contributed by atoms with van der Waals surface area (Å²) in [6.45, 7) is 2.17. The Morgan fingerprint density at radius 2 is 1.86 bits per heavy atom. The summed E-state index contributed by atoms with van der Waals surface area (Å²) in [5.41, 5.74) is 6.97. The highest BCUT2D eigenvalue weighted by Gasteiger charge is 2.36. The highest BCUT2D eigenvalue weighted by molar-refractivity contribution is 7.88. The van der Waals surface area contributed by atoms with Crippen LogP contribution in [-0.4, -0.2) is 59.8 Å². The number of aryl methyl sites for hydroxylation is 1. The highest BCUT2D eigenvalue weighted by atomic mass is 32.2. The van der Waals surface area contributed by atoms with Crippen molar-refractivity contribution in [3.05, 3.63) is 29.1 Å². The summed E-state index contributed by atoms with van der Waals surface area (Å²) in [4.78, 5) is 30.8. The molecule has 1 atom stereocenters. The normalized spacial score (nSPS) is 20.9. The van der Waals surface area contributed by atoms with Gasteiger partial charge in [0.2, 0.25) is 15.9 Å². The fraction of sp³-hybridized carbons (Fsp3) is 0.650. The topological polar surface area (TPSA) is 114 Å². The average molecular weight is 423 g/mol. The van der Waals surface area contributed by atoms with E-state index < -0.39 is 15.9 Å². The Morgan fingerprint density at radius 1 is 1.17 bits per heavy atom. The fourth-order valence-electron chi connectivity index (χ4n) is 4.51. The van der Waals surface area contributed by atoms with E-state index in [2.05, 4.69) is 4.98 Å². The molecule has 0 bridgehead atoms. The molecule has 0 radical (unpaired) electrons. The molecule has 0 spiro atoms. The van der Waals surface area contributed by atoms with E-state index in [0.29, 0.717) is 23.5 Å². The lowest BCUT2D eigenvalue weighted by molar-refractivity contribution is -0.132. The number of rotatable bonds is 6. The van der Waals surface area contributed by atoms with E-state index in [1.807, 2.05) is 0 Å². The van der Waals surface area contributed by atoms with Crippen molar-refractivity contribution in [2.24, 2.45) is 5.73 Å². The zero-order chi connectivity index (χ0) is 21.2. The van der Waals surface area contributed by atoms with Gasteiger partial charge in [-0.2, -0.15) is 4.31 Å². The standard InChI is InChI=1S/C20H30N4O4S/c1-14-16(20(21)26)10-11-17(22-14)18-9-6-12-23(18)19(25)13-24(29(2,27)28)15-7-4-3-5-8-15/h10-11,15,18H,3-9,12-13H2,1-2H3,(H2,21,26)/t18-/m0/s1. The molecule has 2 N–H and O–H groups in total. The minimum Gasteiger partial charge on any atom is -0.366 e. The van der Waals surface area contributed by atoms with Gasteiger partial charge in [0.05, 0.1) is 35.8 Å². The number of hydrogen-bond acceptors (Lipinski definition) is 5. The summed E-state index contributed by atoms with van der Waals surface area (Å²) in [5, 5.41) is 0. The number of nitrogens with zero attached hydrogens (tertiary/aromatic N) is 3. The van der Waals surface area contributed by atoms with Gasteiger partial charge in [-0.3, -0.25) is 14.6 Å². The Bertz CT molecular complexity index is 880. The molecular weight excluding hydrogens is 392 g/mol. The molecule has 8 nitrogen and oxygen atoms in total. The second-order valence-corrected chi connectivity index (χ2v) is 10.0. The number of nitrogens with two attached hydrogens (primary N) is 1. The van der Waals surface area contributed by atoms with Gasteiger partial charge in [0.25, 0.3) is 5.91 Å². The van der Waals surface area contributed by atoms with E-state index in [-0.39, 0.29) is 24.5 Å². The second-order valence-electron chi connectivity index (χ2n) is 8.08. The molecule has 0 unspecified atom stereocenters. The summed E-state index contributed by atoms with van der Waals surface area (Å²) in [5.74, 6) is -0.723. The molecule has 1 saturated heterocycles. The van der Waals surface area contributed by atoms with Gasteiger partial charge in [-0.1, -0.05) is 19.3 Å². The van der Waals surface area contributed by atoms with Gasteiger partial charge in [-0.05, 0) is 44.7 Å². The van der Waals surface area contributed by atoms with Crippen molar-refractivity contribution in [3.8, 4) is 0 Å². The van der Waals surface area contributed by atoms with Gasteiger partial charge in [0, 0.05) is 12.6 Å². The van der Waals surface area contributed by atoms with E-state index in [9.17, 15) is 18.0 Å². The summed E-state index contributed by atoms with van der Waals surface area (Å²) >= 11 is 0. The lowest BCUT2D eigenvalue weighted by atomic mass is 9.95. The van der Waals surface area contributed by atoms with Crippen LogP contribution in [0.5, 0.6) is 0 Å². The molecule has 160 valence electrons. The molecule has 1 aliphatic heterocycles. The largest absolute Gasteiger partial charge is 0.366 e. The van der Waals surface area contributed by atoms with Crippen LogP contribution in [0.15, 0.2) is 12.1 Å². The van der Waals surface area contributed by atoms with Crippen LogP contribution < -0.4 is 5.73 Å². The quantitative estimate of drug-likeness (QED) is 0.750. The summed E-state index contributed by atoms with van der Waals surface area (Å²) in [7, 11) is -3.47. The van der Waals surface area contributed by atoms with Gasteiger partial charge in [-0.25, -0.2) is 8.42 Å². The first-order valence-electron chi connectivity index (χ1n) is 10.2. The van der Waals surface area contributed by atoms with Crippen LogP contribution in [0.1, 0.15) is 72.7 Å². The van der Waals surface area contributed by atoms with Crippen LogP contribution in [0, 0.1) is 6.92 Å². The molecule has 2 fully saturated rings. The van der Waals surface area contributed by atoms with E-state index in [1.165, 1.54) is 10.6 Å². The van der Waals surface area contributed by atoms with Gasteiger partial charge < -0.3 is 10.6 Å². The zero-order valence-corrected chi connectivity index (χ0v) is 18.0. The van der Waals surface area contributed by atoms with Crippen LogP contribution in [-0.2, 0) is 14.8 Å². The minimum absolute atomic E-state index is 0.0982. The molecule has 1 aliphatic carbocycles. The maximum absolute atomic E-state index is 13.1. The number of likely N-dealkylation sites (tertiary alicyclic amines) is 1. The Morgan fingerprint density at radius 3 is 2.45 bits per heavy atom. The molecule has 1 aromatic heterocycles. The molecule has 1 aromatic rings. The van der Waals surface area contributed by atoms with Crippen molar-refractivity contribution < 1.29 is 18.0 Å². The zero-order valence-electron chi connectivity index (χ0n) is 17.1. The first-order valence-corrected chi connectivity index (χ1v) is 12.1. The van der Waals surface area contributed by atoms with Crippen molar-refractivity contribution in [2.45, 2.75) is 64.0 Å². The number of carbonyl (C=O) groups is 2. The Labute approximate surface area is 172 Å². The molecule has 2 heterocycles. The first-order chi connectivity index (χ1) is 13.7. The number of aromatic nitrogens is 1. The smallest absolute Gasteiger partial charge is 0.250 e. The average Bonchev–Trinajstić information content (AvgIpc) is 3.15. The van der Waals surface area contributed by atoms with E-state index in [0.717, 1.165) is 44.9 Å². The molecule has 1 saturated carbocycles. The molecule has 3 rings (SSSR count). The van der Waals surface area contributed by atoms with Crippen molar-refractivity contribution in [1.82, 2.24) is 14.2 Å². The number of hydrogen-bond donors (Lipinski definition) is 1. The van der Waals surface area contributed by atoms with Crippen LogP contribution in [0.4, 0.5) is 0 Å².